The van der Waals surface area contributed by atoms with Gasteiger partial charge in [0, 0.05) is 11.3 Å². The number of anilines is 1. The Labute approximate surface area is 175 Å². The summed E-state index contributed by atoms with van der Waals surface area (Å²) in [5, 5.41) is 7.06. The summed E-state index contributed by atoms with van der Waals surface area (Å²) in [7, 11) is 0. The third kappa shape index (κ3) is 6.73. The molecule has 0 aliphatic carbocycles. The van der Waals surface area contributed by atoms with Crippen LogP contribution in [0.5, 0.6) is 0 Å². The van der Waals surface area contributed by atoms with Crippen molar-refractivity contribution in [3.8, 4) is 0 Å². The van der Waals surface area contributed by atoms with E-state index in [1.165, 1.54) is 0 Å². The van der Waals surface area contributed by atoms with E-state index in [0.717, 1.165) is 22.3 Å². The highest BCUT2D eigenvalue weighted by atomic mass is 16.5. The maximum Gasteiger partial charge on any atom is 0.325 e. The van der Waals surface area contributed by atoms with Gasteiger partial charge in [-0.1, -0.05) is 23.8 Å². The average Bonchev–Trinajstić information content (AvgIpc) is 2.68. The number of amides is 4. The zero-order chi connectivity index (χ0) is 22.3. The third-order valence-corrected chi connectivity index (χ3v) is 4.41. The third-order valence-electron chi connectivity index (χ3n) is 4.41. The van der Waals surface area contributed by atoms with Gasteiger partial charge < -0.3 is 15.4 Å². The minimum atomic E-state index is -0.794. The molecule has 0 unspecified atom stereocenters. The molecule has 8 nitrogen and oxygen atoms in total. The largest absolute Gasteiger partial charge is 0.454 e. The first-order chi connectivity index (χ1) is 14.2. The predicted molar refractivity (Wildman–Crippen MR) is 112 cm³/mol. The van der Waals surface area contributed by atoms with Crippen LogP contribution in [0.3, 0.4) is 0 Å². The maximum absolute atomic E-state index is 12.1. The van der Waals surface area contributed by atoms with Crippen LogP contribution >= 0.6 is 0 Å². The van der Waals surface area contributed by atoms with Gasteiger partial charge >= 0.3 is 12.0 Å². The van der Waals surface area contributed by atoms with Crippen molar-refractivity contribution in [2.24, 2.45) is 0 Å². The van der Waals surface area contributed by atoms with Crippen LogP contribution in [0.15, 0.2) is 36.4 Å². The lowest BCUT2D eigenvalue weighted by Gasteiger charge is -2.10. The number of ether oxygens (including phenoxy) is 1. The molecule has 0 fully saturated rings. The quantitative estimate of drug-likeness (QED) is 0.632. The Morgan fingerprint density at radius 1 is 0.867 bits per heavy atom. The summed E-state index contributed by atoms with van der Waals surface area (Å²) in [6.07, 6.45) is 0. The van der Waals surface area contributed by atoms with Crippen LogP contribution in [0.2, 0.25) is 0 Å². The number of imide groups is 1. The molecule has 0 aliphatic heterocycles. The molecule has 0 heterocycles. The Balaban J connectivity index is 1.73. The zero-order valence-corrected chi connectivity index (χ0v) is 17.4. The van der Waals surface area contributed by atoms with Crippen molar-refractivity contribution in [2.45, 2.75) is 27.7 Å². The monoisotopic (exact) mass is 411 g/mol. The molecule has 2 rings (SSSR count). The van der Waals surface area contributed by atoms with Crippen molar-refractivity contribution in [1.29, 1.82) is 0 Å². The van der Waals surface area contributed by atoms with Gasteiger partial charge in [0.2, 0.25) is 0 Å². The lowest BCUT2D eigenvalue weighted by Crippen LogP contribution is -2.38. The van der Waals surface area contributed by atoms with Crippen molar-refractivity contribution in [3.05, 3.63) is 64.2 Å². The Kier molecular flexibility index (Phi) is 7.69. The molecular formula is C22H25N3O5. The number of benzene rings is 2. The number of carbonyl (C=O) groups is 4. The van der Waals surface area contributed by atoms with E-state index in [1.807, 2.05) is 45.9 Å². The highest BCUT2D eigenvalue weighted by Crippen LogP contribution is 2.15. The van der Waals surface area contributed by atoms with Crippen LogP contribution in [0.4, 0.5) is 10.5 Å². The van der Waals surface area contributed by atoms with Crippen molar-refractivity contribution in [3.63, 3.8) is 0 Å². The minimum absolute atomic E-state index is 0.395. The van der Waals surface area contributed by atoms with E-state index in [0.29, 0.717) is 11.3 Å². The molecule has 30 heavy (non-hydrogen) atoms. The molecule has 0 aliphatic rings. The highest BCUT2D eigenvalue weighted by molar-refractivity contribution is 6.02. The topological polar surface area (TPSA) is 114 Å². The summed E-state index contributed by atoms with van der Waals surface area (Å²) >= 11 is 0. The minimum Gasteiger partial charge on any atom is -0.454 e. The fraction of sp³-hybridized carbons (Fsp3) is 0.273. The van der Waals surface area contributed by atoms with Crippen molar-refractivity contribution in [2.75, 3.05) is 18.5 Å². The van der Waals surface area contributed by atoms with E-state index >= 15 is 0 Å². The maximum atomic E-state index is 12.1. The number of urea groups is 1. The number of aryl methyl sites for hydroxylation is 4. The number of carbonyl (C=O) groups excluding carboxylic acids is 4. The van der Waals surface area contributed by atoms with E-state index in [1.54, 1.807) is 18.2 Å². The molecule has 0 bridgehead atoms. The molecular weight excluding hydrogens is 386 g/mol. The molecule has 2 aromatic carbocycles. The lowest BCUT2D eigenvalue weighted by molar-refractivity contribution is -0.147. The molecule has 4 amide bonds. The van der Waals surface area contributed by atoms with Crippen LogP contribution in [0.25, 0.3) is 0 Å². The smallest absolute Gasteiger partial charge is 0.325 e. The van der Waals surface area contributed by atoms with Gasteiger partial charge in [-0.05, 0) is 62.6 Å². The zero-order valence-electron chi connectivity index (χ0n) is 17.4. The standard InChI is InChI=1S/C22H25N3O5/c1-13-5-8-18(16(4)9-13)24-22(29)25-19(26)12-30-20(27)11-23-21(28)17-7-6-14(2)15(3)10-17/h5-10H,11-12H2,1-4H3,(H,23,28)(H2,24,25,26,29). The normalized spacial score (nSPS) is 10.1. The molecule has 158 valence electrons. The molecule has 0 saturated heterocycles. The molecule has 2 aromatic rings. The summed E-state index contributed by atoms with van der Waals surface area (Å²) in [5.41, 5.74) is 4.90. The van der Waals surface area contributed by atoms with E-state index in [4.69, 9.17) is 4.74 Å². The Hall–Kier alpha value is -3.68. The molecule has 3 N–H and O–H groups in total. The van der Waals surface area contributed by atoms with Crippen LogP contribution in [-0.2, 0) is 14.3 Å². The van der Waals surface area contributed by atoms with Crippen LogP contribution < -0.4 is 16.0 Å². The summed E-state index contributed by atoms with van der Waals surface area (Å²) in [6.45, 7) is 6.54. The molecule has 0 aromatic heterocycles. The van der Waals surface area contributed by atoms with Gasteiger partial charge in [0.1, 0.15) is 6.54 Å². The second kappa shape index (κ2) is 10.2. The van der Waals surface area contributed by atoms with Gasteiger partial charge in [-0.2, -0.15) is 0 Å². The predicted octanol–water partition coefficient (Wildman–Crippen LogP) is 2.54. The Morgan fingerprint density at radius 2 is 1.60 bits per heavy atom. The van der Waals surface area contributed by atoms with Crippen LogP contribution in [0.1, 0.15) is 32.6 Å². The van der Waals surface area contributed by atoms with Crippen LogP contribution in [0, 0.1) is 27.7 Å². The molecule has 8 heteroatoms. The van der Waals surface area contributed by atoms with Gasteiger partial charge in [-0.25, -0.2) is 4.79 Å². The van der Waals surface area contributed by atoms with E-state index in [-0.39, 0.29) is 0 Å². The van der Waals surface area contributed by atoms with Crippen molar-refractivity contribution in [1.82, 2.24) is 10.6 Å². The first-order valence-electron chi connectivity index (χ1n) is 9.35. The fourth-order valence-electron chi connectivity index (χ4n) is 2.60. The van der Waals surface area contributed by atoms with Crippen molar-refractivity contribution >= 4 is 29.5 Å². The first kappa shape index (κ1) is 22.6. The van der Waals surface area contributed by atoms with Crippen molar-refractivity contribution < 1.29 is 23.9 Å². The summed E-state index contributed by atoms with van der Waals surface area (Å²) in [5.74, 6) is -2.00. The average molecular weight is 411 g/mol. The van der Waals surface area contributed by atoms with Gasteiger partial charge in [0.05, 0.1) is 0 Å². The first-order valence-corrected chi connectivity index (χ1v) is 9.35. The van der Waals surface area contributed by atoms with Gasteiger partial charge in [-0.15, -0.1) is 0 Å². The SMILES string of the molecule is Cc1ccc(NC(=O)NC(=O)COC(=O)CNC(=O)c2ccc(C)c(C)c2)c(C)c1. The molecule has 0 radical (unpaired) electrons. The van der Waals surface area contributed by atoms with Gasteiger partial charge in [-0.3, -0.25) is 19.7 Å². The number of hydrogen-bond donors (Lipinski definition) is 3. The molecule has 0 atom stereocenters. The van der Waals surface area contributed by atoms with Gasteiger partial charge in [0.15, 0.2) is 6.61 Å². The summed E-state index contributed by atoms with van der Waals surface area (Å²) in [6, 6.07) is 9.92. The summed E-state index contributed by atoms with van der Waals surface area (Å²) in [4.78, 5) is 47.5. The number of hydrogen-bond acceptors (Lipinski definition) is 5. The molecule has 0 saturated carbocycles. The number of nitrogens with one attached hydrogen (secondary N) is 3. The second-order valence-electron chi connectivity index (χ2n) is 6.96. The van der Waals surface area contributed by atoms with E-state index in [2.05, 4.69) is 16.0 Å². The molecule has 0 spiro atoms. The highest BCUT2D eigenvalue weighted by Gasteiger charge is 2.13. The van der Waals surface area contributed by atoms with E-state index < -0.39 is 37.0 Å². The Morgan fingerprint density at radius 3 is 2.27 bits per heavy atom. The second-order valence-corrected chi connectivity index (χ2v) is 6.96. The number of esters is 1. The van der Waals surface area contributed by atoms with Gasteiger partial charge in [0.25, 0.3) is 11.8 Å². The number of rotatable bonds is 6. The summed E-state index contributed by atoms with van der Waals surface area (Å²) < 4.78 is 4.78. The fourth-order valence-corrected chi connectivity index (χ4v) is 2.60. The van der Waals surface area contributed by atoms with Crippen LogP contribution in [-0.4, -0.2) is 37.0 Å². The lowest BCUT2D eigenvalue weighted by atomic mass is 10.1. The van der Waals surface area contributed by atoms with E-state index in [9.17, 15) is 19.2 Å². The Bertz CT molecular complexity index is 985.